The van der Waals surface area contributed by atoms with Crippen LogP contribution in [-0.2, 0) is 6.54 Å². The molecule has 1 aromatic heterocycles. The second-order valence-corrected chi connectivity index (χ2v) is 8.05. The molecule has 0 unspecified atom stereocenters. The average molecular weight is 414 g/mol. The standard InChI is InChI=1S/C25H27N5O/c1-18-14-21(16-26)15-19(2)24(18)31-23-8-11-27-25(29-23)28-22-9-12-30(13-10-22)17-20-6-4-3-5-7-20/h3-8,11,14-15,22H,9-10,12-13,17H2,1-2H3,(H,27,28,29). The number of hydrogen-bond acceptors (Lipinski definition) is 6. The number of aryl methyl sites for hydroxylation is 2. The molecule has 4 rings (SSSR count). The first-order chi connectivity index (χ1) is 15.1. The fraction of sp³-hybridized carbons (Fsp3) is 0.320. The van der Waals surface area contributed by atoms with E-state index in [0.29, 0.717) is 23.4 Å². The van der Waals surface area contributed by atoms with E-state index in [1.165, 1.54) is 5.56 Å². The molecule has 1 aliphatic heterocycles. The SMILES string of the molecule is Cc1cc(C#N)cc(C)c1Oc1ccnc(NC2CCN(Cc3ccccc3)CC2)n1. The van der Waals surface area contributed by atoms with Gasteiger partial charge in [-0.25, -0.2) is 4.98 Å². The van der Waals surface area contributed by atoms with E-state index in [1.54, 1.807) is 12.3 Å². The normalized spacial score (nSPS) is 14.7. The Hall–Kier alpha value is -3.43. The number of ether oxygens (including phenoxy) is 1. The van der Waals surface area contributed by atoms with E-state index < -0.39 is 0 Å². The van der Waals surface area contributed by atoms with Crippen molar-refractivity contribution in [2.24, 2.45) is 0 Å². The molecule has 1 N–H and O–H groups in total. The van der Waals surface area contributed by atoms with Gasteiger partial charge in [0, 0.05) is 37.9 Å². The van der Waals surface area contributed by atoms with Crippen molar-refractivity contribution in [3.63, 3.8) is 0 Å². The summed E-state index contributed by atoms with van der Waals surface area (Å²) in [4.78, 5) is 11.4. The van der Waals surface area contributed by atoms with E-state index in [2.05, 4.69) is 56.6 Å². The van der Waals surface area contributed by atoms with Crippen LogP contribution in [0.3, 0.4) is 0 Å². The maximum Gasteiger partial charge on any atom is 0.226 e. The Kier molecular flexibility index (Phi) is 6.44. The van der Waals surface area contributed by atoms with Gasteiger partial charge in [-0.15, -0.1) is 0 Å². The van der Waals surface area contributed by atoms with Crippen LogP contribution in [0.2, 0.25) is 0 Å². The number of likely N-dealkylation sites (tertiary alicyclic amines) is 1. The third-order valence-electron chi connectivity index (χ3n) is 5.60. The fourth-order valence-corrected chi connectivity index (χ4v) is 4.01. The van der Waals surface area contributed by atoms with Crippen molar-refractivity contribution < 1.29 is 4.74 Å². The maximum atomic E-state index is 9.13. The van der Waals surface area contributed by atoms with Crippen LogP contribution in [0, 0.1) is 25.2 Å². The highest BCUT2D eigenvalue weighted by Crippen LogP contribution is 2.29. The van der Waals surface area contributed by atoms with Crippen LogP contribution in [0.1, 0.15) is 35.1 Å². The van der Waals surface area contributed by atoms with Crippen molar-refractivity contribution in [1.82, 2.24) is 14.9 Å². The number of rotatable bonds is 6. The fourth-order valence-electron chi connectivity index (χ4n) is 4.01. The molecular formula is C25H27N5O. The first-order valence-electron chi connectivity index (χ1n) is 10.7. The number of nitrogens with zero attached hydrogens (tertiary/aromatic N) is 4. The Balaban J connectivity index is 1.35. The number of piperidine rings is 1. The zero-order valence-corrected chi connectivity index (χ0v) is 18.0. The van der Waals surface area contributed by atoms with Gasteiger partial charge < -0.3 is 10.1 Å². The summed E-state index contributed by atoms with van der Waals surface area (Å²) in [7, 11) is 0. The molecule has 2 heterocycles. The van der Waals surface area contributed by atoms with Crippen LogP contribution >= 0.6 is 0 Å². The van der Waals surface area contributed by atoms with Crippen LogP contribution in [0.5, 0.6) is 11.6 Å². The highest BCUT2D eigenvalue weighted by molar-refractivity contribution is 5.48. The number of anilines is 1. The van der Waals surface area contributed by atoms with Gasteiger partial charge in [-0.05, 0) is 55.5 Å². The molecule has 158 valence electrons. The summed E-state index contributed by atoms with van der Waals surface area (Å²) in [5.41, 5.74) is 3.81. The van der Waals surface area contributed by atoms with Gasteiger partial charge >= 0.3 is 0 Å². The van der Waals surface area contributed by atoms with E-state index in [-0.39, 0.29) is 0 Å². The van der Waals surface area contributed by atoms with Gasteiger partial charge in [-0.1, -0.05) is 30.3 Å². The largest absolute Gasteiger partial charge is 0.438 e. The zero-order valence-electron chi connectivity index (χ0n) is 18.0. The Bertz CT molecular complexity index is 1050. The molecule has 2 aromatic carbocycles. The molecule has 0 saturated carbocycles. The zero-order chi connectivity index (χ0) is 21.6. The molecule has 3 aromatic rings. The molecule has 1 fully saturated rings. The van der Waals surface area contributed by atoms with Gasteiger partial charge in [0.05, 0.1) is 11.6 Å². The topological polar surface area (TPSA) is 74.1 Å². The van der Waals surface area contributed by atoms with Gasteiger partial charge in [-0.3, -0.25) is 4.90 Å². The van der Waals surface area contributed by atoms with Gasteiger partial charge in [0.1, 0.15) is 5.75 Å². The quantitative estimate of drug-likeness (QED) is 0.624. The predicted molar refractivity (Wildman–Crippen MR) is 121 cm³/mol. The number of nitriles is 1. The smallest absolute Gasteiger partial charge is 0.226 e. The van der Waals surface area contributed by atoms with Crippen molar-refractivity contribution >= 4 is 5.95 Å². The van der Waals surface area contributed by atoms with Crippen molar-refractivity contribution in [2.75, 3.05) is 18.4 Å². The van der Waals surface area contributed by atoms with E-state index in [0.717, 1.165) is 49.4 Å². The Morgan fingerprint density at radius 2 is 1.81 bits per heavy atom. The number of nitrogens with one attached hydrogen (secondary N) is 1. The first-order valence-corrected chi connectivity index (χ1v) is 10.7. The summed E-state index contributed by atoms with van der Waals surface area (Å²) >= 11 is 0. The molecule has 6 heteroatoms. The highest BCUT2D eigenvalue weighted by Gasteiger charge is 2.20. The third-order valence-corrected chi connectivity index (χ3v) is 5.60. The first kappa shape index (κ1) is 20.8. The van der Waals surface area contributed by atoms with Crippen molar-refractivity contribution in [3.05, 3.63) is 77.0 Å². The summed E-state index contributed by atoms with van der Waals surface area (Å²) in [5.74, 6) is 1.82. The minimum Gasteiger partial charge on any atom is -0.438 e. The monoisotopic (exact) mass is 413 g/mol. The third kappa shape index (κ3) is 5.39. The van der Waals surface area contributed by atoms with Crippen LogP contribution in [0.15, 0.2) is 54.7 Å². The molecule has 1 saturated heterocycles. The average Bonchev–Trinajstić information content (AvgIpc) is 2.78. The Morgan fingerprint density at radius 1 is 1.10 bits per heavy atom. The summed E-state index contributed by atoms with van der Waals surface area (Å²) < 4.78 is 6.04. The molecule has 0 atom stereocenters. The molecule has 6 nitrogen and oxygen atoms in total. The van der Waals surface area contributed by atoms with Crippen molar-refractivity contribution in [1.29, 1.82) is 5.26 Å². The summed E-state index contributed by atoms with van der Waals surface area (Å²) in [6.07, 6.45) is 3.81. The molecule has 0 aliphatic carbocycles. The van der Waals surface area contributed by atoms with E-state index >= 15 is 0 Å². The lowest BCUT2D eigenvalue weighted by Gasteiger charge is -2.32. The summed E-state index contributed by atoms with van der Waals surface area (Å²) in [6, 6.07) is 18.5. The van der Waals surface area contributed by atoms with Gasteiger partial charge in [0.25, 0.3) is 0 Å². The second kappa shape index (κ2) is 9.59. The number of aromatic nitrogens is 2. The Morgan fingerprint density at radius 3 is 2.48 bits per heavy atom. The molecule has 1 aliphatic rings. The van der Waals surface area contributed by atoms with Crippen molar-refractivity contribution in [2.45, 2.75) is 39.3 Å². The molecule has 31 heavy (non-hydrogen) atoms. The Labute approximate surface area is 183 Å². The van der Waals surface area contributed by atoms with Gasteiger partial charge in [0.2, 0.25) is 11.8 Å². The molecule has 0 amide bonds. The second-order valence-electron chi connectivity index (χ2n) is 8.05. The molecule has 0 bridgehead atoms. The van der Waals surface area contributed by atoms with E-state index in [4.69, 9.17) is 10.00 Å². The predicted octanol–water partition coefficient (Wildman–Crippen LogP) is 4.83. The van der Waals surface area contributed by atoms with Crippen LogP contribution < -0.4 is 10.1 Å². The summed E-state index contributed by atoms with van der Waals surface area (Å²) in [5, 5.41) is 12.6. The highest BCUT2D eigenvalue weighted by atomic mass is 16.5. The molecule has 0 spiro atoms. The van der Waals surface area contributed by atoms with E-state index in [1.807, 2.05) is 26.0 Å². The molecular weight excluding hydrogens is 386 g/mol. The lowest BCUT2D eigenvalue weighted by molar-refractivity contribution is 0.211. The lowest BCUT2D eigenvalue weighted by Crippen LogP contribution is -2.38. The summed E-state index contributed by atoms with van der Waals surface area (Å²) in [6.45, 7) is 6.97. The minimum atomic E-state index is 0.348. The van der Waals surface area contributed by atoms with Crippen LogP contribution in [0.4, 0.5) is 5.95 Å². The van der Waals surface area contributed by atoms with E-state index in [9.17, 15) is 0 Å². The lowest BCUT2D eigenvalue weighted by atomic mass is 10.0. The van der Waals surface area contributed by atoms with Crippen LogP contribution in [0.25, 0.3) is 0 Å². The molecule has 0 radical (unpaired) electrons. The minimum absolute atomic E-state index is 0.348. The van der Waals surface area contributed by atoms with Gasteiger partial charge in [-0.2, -0.15) is 10.2 Å². The van der Waals surface area contributed by atoms with Crippen LogP contribution in [-0.4, -0.2) is 34.0 Å². The van der Waals surface area contributed by atoms with Gasteiger partial charge in [0.15, 0.2) is 0 Å². The number of hydrogen-bond donors (Lipinski definition) is 1. The number of benzene rings is 2. The van der Waals surface area contributed by atoms with Crippen molar-refractivity contribution in [3.8, 4) is 17.7 Å². The maximum absolute atomic E-state index is 9.13.